The molecule has 0 bridgehead atoms. The average molecular weight is 370 g/mol. The van der Waals surface area contributed by atoms with Gasteiger partial charge in [0.2, 0.25) is 5.82 Å². The second kappa shape index (κ2) is 8.09. The lowest BCUT2D eigenvalue weighted by atomic mass is 10.2. The number of thiophene rings is 1. The molecule has 0 aliphatic heterocycles. The number of H-pyrrole nitrogens is 1. The highest BCUT2D eigenvalue weighted by Crippen LogP contribution is 2.19. The molecule has 0 unspecified atom stereocenters. The van der Waals surface area contributed by atoms with Gasteiger partial charge in [-0.15, -0.1) is 11.3 Å². The number of carbonyl (C=O) groups is 1. The van der Waals surface area contributed by atoms with Crippen molar-refractivity contribution in [1.29, 1.82) is 0 Å². The standard InChI is InChI=1S/C18H22N6OS/c1-11-12(2)22-17(18(25)23-13(3)15-5-4-8-26-15)24-16(11)19-7-6-14-9-20-21-10-14/h4-5,8-10,13H,6-7H2,1-3H3,(H,20,21)(H,23,25)(H,19,22,24)/t13-/m0/s1. The van der Waals surface area contributed by atoms with Crippen LogP contribution in [0.2, 0.25) is 0 Å². The molecule has 3 N–H and O–H groups in total. The Balaban J connectivity index is 1.69. The number of carbonyl (C=O) groups excluding carboxylic acids is 1. The molecule has 0 spiro atoms. The predicted octanol–water partition coefficient (Wildman–Crippen LogP) is 3.02. The summed E-state index contributed by atoms with van der Waals surface area (Å²) in [5.41, 5.74) is 2.85. The lowest BCUT2D eigenvalue weighted by molar-refractivity contribution is 0.0929. The zero-order valence-electron chi connectivity index (χ0n) is 15.0. The van der Waals surface area contributed by atoms with Crippen molar-refractivity contribution >= 4 is 23.1 Å². The summed E-state index contributed by atoms with van der Waals surface area (Å²) in [5.74, 6) is 0.601. The van der Waals surface area contributed by atoms with Crippen LogP contribution < -0.4 is 10.6 Å². The van der Waals surface area contributed by atoms with Gasteiger partial charge in [-0.1, -0.05) is 6.07 Å². The van der Waals surface area contributed by atoms with Gasteiger partial charge in [-0.2, -0.15) is 5.10 Å². The number of aryl methyl sites for hydroxylation is 1. The second-order valence-corrected chi connectivity index (χ2v) is 7.08. The van der Waals surface area contributed by atoms with Crippen LogP contribution in [-0.4, -0.2) is 32.6 Å². The molecule has 26 heavy (non-hydrogen) atoms. The van der Waals surface area contributed by atoms with Crippen LogP contribution in [0, 0.1) is 13.8 Å². The molecule has 0 aliphatic carbocycles. The molecule has 0 saturated carbocycles. The minimum atomic E-state index is -0.271. The third-order valence-corrected chi connectivity index (χ3v) is 5.23. The molecule has 3 heterocycles. The molecule has 8 heteroatoms. The monoisotopic (exact) mass is 370 g/mol. The van der Waals surface area contributed by atoms with Crippen molar-refractivity contribution in [2.75, 3.05) is 11.9 Å². The van der Waals surface area contributed by atoms with Gasteiger partial charge in [0.05, 0.1) is 12.2 Å². The van der Waals surface area contributed by atoms with E-state index in [1.807, 2.05) is 44.5 Å². The lowest BCUT2D eigenvalue weighted by Crippen LogP contribution is -2.28. The van der Waals surface area contributed by atoms with E-state index in [9.17, 15) is 4.79 Å². The third kappa shape index (κ3) is 4.26. The fourth-order valence-corrected chi connectivity index (χ4v) is 3.25. The van der Waals surface area contributed by atoms with E-state index < -0.39 is 0 Å². The molecule has 0 radical (unpaired) electrons. The SMILES string of the molecule is Cc1nc(C(=O)N[C@@H](C)c2cccs2)nc(NCCc2cn[nH]c2)c1C. The number of aromatic nitrogens is 4. The minimum absolute atomic E-state index is 0.0785. The van der Waals surface area contributed by atoms with Crippen molar-refractivity contribution < 1.29 is 4.79 Å². The van der Waals surface area contributed by atoms with Gasteiger partial charge in [-0.3, -0.25) is 9.89 Å². The van der Waals surface area contributed by atoms with E-state index in [-0.39, 0.29) is 17.8 Å². The first kappa shape index (κ1) is 18.1. The van der Waals surface area contributed by atoms with Crippen molar-refractivity contribution in [3.05, 3.63) is 57.4 Å². The summed E-state index contributed by atoms with van der Waals surface area (Å²) in [7, 11) is 0. The van der Waals surface area contributed by atoms with Crippen LogP contribution in [0.15, 0.2) is 29.9 Å². The first-order valence-electron chi connectivity index (χ1n) is 8.45. The van der Waals surface area contributed by atoms with Gasteiger partial charge in [-0.05, 0) is 44.2 Å². The van der Waals surface area contributed by atoms with Gasteiger partial charge in [0.1, 0.15) is 5.82 Å². The first-order chi connectivity index (χ1) is 12.5. The van der Waals surface area contributed by atoms with Crippen molar-refractivity contribution in [2.24, 2.45) is 0 Å². The van der Waals surface area contributed by atoms with Crippen LogP contribution in [0.5, 0.6) is 0 Å². The van der Waals surface area contributed by atoms with E-state index in [1.54, 1.807) is 17.5 Å². The maximum absolute atomic E-state index is 12.6. The summed E-state index contributed by atoms with van der Waals surface area (Å²) in [6.45, 7) is 6.49. The van der Waals surface area contributed by atoms with Gasteiger partial charge in [0.15, 0.2) is 0 Å². The highest BCUT2D eigenvalue weighted by atomic mass is 32.1. The molecular weight excluding hydrogens is 348 g/mol. The van der Waals surface area contributed by atoms with Crippen molar-refractivity contribution in [2.45, 2.75) is 33.2 Å². The Hall–Kier alpha value is -2.74. The summed E-state index contributed by atoms with van der Waals surface area (Å²) in [6, 6.07) is 3.89. The first-order valence-corrected chi connectivity index (χ1v) is 9.33. The Kier molecular flexibility index (Phi) is 5.62. The van der Waals surface area contributed by atoms with Crippen molar-refractivity contribution in [3.8, 4) is 0 Å². The number of aromatic amines is 1. The van der Waals surface area contributed by atoms with Crippen LogP contribution in [0.1, 0.15) is 45.3 Å². The Morgan fingerprint density at radius 3 is 2.88 bits per heavy atom. The van der Waals surface area contributed by atoms with Crippen LogP contribution in [-0.2, 0) is 6.42 Å². The fourth-order valence-electron chi connectivity index (χ4n) is 2.51. The lowest BCUT2D eigenvalue weighted by Gasteiger charge is -2.14. The molecule has 0 aromatic carbocycles. The third-order valence-electron chi connectivity index (χ3n) is 4.17. The molecule has 0 fully saturated rings. The molecule has 3 aromatic rings. The van der Waals surface area contributed by atoms with E-state index in [2.05, 4.69) is 30.8 Å². The van der Waals surface area contributed by atoms with Gasteiger partial charge in [0, 0.05) is 28.9 Å². The van der Waals surface area contributed by atoms with Gasteiger partial charge >= 0.3 is 0 Å². The number of nitrogens with one attached hydrogen (secondary N) is 3. The maximum Gasteiger partial charge on any atom is 0.289 e. The largest absolute Gasteiger partial charge is 0.369 e. The topological polar surface area (TPSA) is 95.6 Å². The molecular formula is C18H22N6OS. The highest BCUT2D eigenvalue weighted by molar-refractivity contribution is 7.10. The van der Waals surface area contributed by atoms with Gasteiger partial charge < -0.3 is 10.6 Å². The number of amides is 1. The Morgan fingerprint density at radius 2 is 2.19 bits per heavy atom. The zero-order chi connectivity index (χ0) is 18.5. The van der Waals surface area contributed by atoms with Crippen LogP contribution in [0.25, 0.3) is 0 Å². The second-order valence-electron chi connectivity index (χ2n) is 6.10. The number of rotatable bonds is 7. The number of nitrogens with zero attached hydrogens (tertiary/aromatic N) is 3. The normalized spacial score (nSPS) is 12.0. The zero-order valence-corrected chi connectivity index (χ0v) is 15.9. The summed E-state index contributed by atoms with van der Waals surface area (Å²) in [5, 5.41) is 15.0. The smallest absolute Gasteiger partial charge is 0.289 e. The molecule has 0 aliphatic rings. The van der Waals surface area contributed by atoms with Gasteiger partial charge in [-0.25, -0.2) is 9.97 Å². The molecule has 7 nitrogen and oxygen atoms in total. The molecule has 136 valence electrons. The highest BCUT2D eigenvalue weighted by Gasteiger charge is 2.17. The molecule has 3 aromatic heterocycles. The summed E-state index contributed by atoms with van der Waals surface area (Å²) in [4.78, 5) is 22.4. The summed E-state index contributed by atoms with van der Waals surface area (Å²) >= 11 is 1.61. The quantitative estimate of drug-likeness (QED) is 0.594. The molecule has 1 amide bonds. The minimum Gasteiger partial charge on any atom is -0.369 e. The molecule has 3 rings (SSSR count). The Labute approximate surface area is 156 Å². The van der Waals surface area contributed by atoms with E-state index in [0.29, 0.717) is 12.4 Å². The predicted molar refractivity (Wildman–Crippen MR) is 102 cm³/mol. The van der Waals surface area contributed by atoms with E-state index >= 15 is 0 Å². The van der Waals surface area contributed by atoms with Crippen LogP contribution in [0.4, 0.5) is 5.82 Å². The number of hydrogen-bond acceptors (Lipinski definition) is 6. The van der Waals surface area contributed by atoms with Crippen LogP contribution >= 0.6 is 11.3 Å². The molecule has 1 atom stereocenters. The van der Waals surface area contributed by atoms with Gasteiger partial charge in [0.25, 0.3) is 5.91 Å². The molecule has 0 saturated heterocycles. The summed E-state index contributed by atoms with van der Waals surface area (Å²) in [6.07, 6.45) is 4.48. The average Bonchev–Trinajstić information content (AvgIpc) is 3.31. The van der Waals surface area contributed by atoms with E-state index in [1.165, 1.54) is 0 Å². The number of anilines is 1. The maximum atomic E-state index is 12.6. The van der Waals surface area contributed by atoms with E-state index in [4.69, 9.17) is 0 Å². The van der Waals surface area contributed by atoms with Crippen molar-refractivity contribution in [3.63, 3.8) is 0 Å². The Morgan fingerprint density at radius 1 is 1.35 bits per heavy atom. The summed E-state index contributed by atoms with van der Waals surface area (Å²) < 4.78 is 0. The van der Waals surface area contributed by atoms with Crippen LogP contribution in [0.3, 0.4) is 0 Å². The number of hydrogen-bond donors (Lipinski definition) is 3. The van der Waals surface area contributed by atoms with Crippen molar-refractivity contribution in [1.82, 2.24) is 25.5 Å². The van der Waals surface area contributed by atoms with E-state index in [0.717, 1.165) is 28.1 Å². The fraction of sp³-hybridized carbons (Fsp3) is 0.333. The Bertz CT molecular complexity index is 860.